The van der Waals surface area contributed by atoms with Crippen LogP contribution in [0.2, 0.25) is 0 Å². The Hall–Kier alpha value is -3.46. The van der Waals surface area contributed by atoms with Crippen LogP contribution < -0.4 is 5.73 Å². The van der Waals surface area contributed by atoms with Crippen molar-refractivity contribution in [3.63, 3.8) is 0 Å². The van der Waals surface area contributed by atoms with E-state index >= 15 is 0 Å². The second-order valence-electron chi connectivity index (χ2n) is 6.01. The Morgan fingerprint density at radius 3 is 2.19 bits per heavy atom. The summed E-state index contributed by atoms with van der Waals surface area (Å²) in [5, 5.41) is 7.57. The van der Waals surface area contributed by atoms with Crippen LogP contribution in [0, 0.1) is 5.41 Å². The molecule has 0 heterocycles. The van der Waals surface area contributed by atoms with Gasteiger partial charge in [0.2, 0.25) is 0 Å². The van der Waals surface area contributed by atoms with E-state index < -0.39 is 0 Å². The van der Waals surface area contributed by atoms with Gasteiger partial charge >= 0.3 is 0 Å². The summed E-state index contributed by atoms with van der Waals surface area (Å²) in [4.78, 5) is 4.14. The number of nitrogens with zero attached hydrogens (tertiary/aromatic N) is 1. The summed E-state index contributed by atoms with van der Waals surface area (Å²) in [6.07, 6.45) is 2.80. The Labute approximate surface area is 154 Å². The molecule has 0 aliphatic carbocycles. The molecule has 0 aliphatic heterocycles. The number of nitrogens with one attached hydrogen (secondary N) is 1. The van der Waals surface area contributed by atoms with Gasteiger partial charge in [0.05, 0.1) is 5.70 Å². The van der Waals surface area contributed by atoms with Gasteiger partial charge in [-0.05, 0) is 35.9 Å². The van der Waals surface area contributed by atoms with Gasteiger partial charge in [-0.25, -0.2) is 0 Å². The Kier molecular flexibility index (Phi) is 5.40. The maximum absolute atomic E-state index is 7.57. The number of amidine groups is 1. The minimum atomic E-state index is 0.0479. The van der Waals surface area contributed by atoms with Crippen LogP contribution >= 0.6 is 0 Å². The third-order valence-corrected chi connectivity index (χ3v) is 4.23. The Morgan fingerprint density at radius 2 is 1.54 bits per heavy atom. The van der Waals surface area contributed by atoms with Crippen LogP contribution in [0.15, 0.2) is 89.9 Å². The molecule has 3 aromatic rings. The Morgan fingerprint density at radius 1 is 0.885 bits per heavy atom. The fraction of sp³-hybridized carbons (Fsp3) is 0.0435. The molecule has 128 valence electrons. The van der Waals surface area contributed by atoms with E-state index in [0.717, 1.165) is 17.7 Å². The number of benzene rings is 3. The maximum Gasteiger partial charge on any atom is 0.122 e. The average molecular weight is 339 g/mol. The lowest BCUT2D eigenvalue weighted by Gasteiger charge is -2.06. The highest BCUT2D eigenvalue weighted by atomic mass is 14.7. The zero-order chi connectivity index (χ0) is 18.4. The molecule has 0 unspecified atom stereocenters. The Bertz CT molecular complexity index is 939. The van der Waals surface area contributed by atoms with Gasteiger partial charge in [-0.2, -0.15) is 0 Å². The number of hydrogen-bond acceptors (Lipinski definition) is 2. The van der Waals surface area contributed by atoms with E-state index in [2.05, 4.69) is 48.1 Å². The highest BCUT2D eigenvalue weighted by Crippen LogP contribution is 2.21. The molecule has 0 spiro atoms. The van der Waals surface area contributed by atoms with Gasteiger partial charge in [0.15, 0.2) is 0 Å². The van der Waals surface area contributed by atoms with Gasteiger partial charge in [0.1, 0.15) is 5.84 Å². The van der Waals surface area contributed by atoms with E-state index in [1.807, 2.05) is 48.5 Å². The van der Waals surface area contributed by atoms with Crippen molar-refractivity contribution >= 4 is 18.3 Å². The SMILES string of the molecule is C=N/C(=C\Cc1ccc(-c2ccccc2)cc1)c1cccc(C(=N)N)c1. The van der Waals surface area contributed by atoms with Crippen LogP contribution in [0.4, 0.5) is 0 Å². The molecule has 0 aromatic heterocycles. The second-order valence-corrected chi connectivity index (χ2v) is 6.01. The molecule has 3 aromatic carbocycles. The molecule has 0 radical (unpaired) electrons. The highest BCUT2D eigenvalue weighted by Gasteiger charge is 2.03. The van der Waals surface area contributed by atoms with Gasteiger partial charge < -0.3 is 5.73 Å². The van der Waals surface area contributed by atoms with Crippen LogP contribution in [-0.4, -0.2) is 12.6 Å². The third-order valence-electron chi connectivity index (χ3n) is 4.23. The molecule has 3 N–H and O–H groups in total. The van der Waals surface area contributed by atoms with Crippen molar-refractivity contribution in [2.75, 3.05) is 0 Å². The number of nitrogen functional groups attached to an aromatic ring is 1. The van der Waals surface area contributed by atoms with Crippen LogP contribution in [0.25, 0.3) is 16.8 Å². The molecular formula is C23H21N3. The maximum atomic E-state index is 7.57. The number of rotatable bonds is 6. The lowest BCUT2D eigenvalue weighted by molar-refractivity contribution is 1.26. The molecule has 0 bridgehead atoms. The van der Waals surface area contributed by atoms with Gasteiger partial charge in [-0.3, -0.25) is 10.4 Å². The Balaban J connectivity index is 1.78. The first-order valence-electron chi connectivity index (χ1n) is 8.43. The van der Waals surface area contributed by atoms with E-state index in [0.29, 0.717) is 5.56 Å². The lowest BCUT2D eigenvalue weighted by Crippen LogP contribution is -2.10. The van der Waals surface area contributed by atoms with Crippen molar-refractivity contribution in [1.29, 1.82) is 5.41 Å². The molecule has 0 saturated heterocycles. The summed E-state index contributed by atoms with van der Waals surface area (Å²) in [6.45, 7) is 3.67. The fourth-order valence-corrected chi connectivity index (χ4v) is 2.80. The molecule has 0 saturated carbocycles. The van der Waals surface area contributed by atoms with E-state index in [1.54, 1.807) is 0 Å². The summed E-state index contributed by atoms with van der Waals surface area (Å²) in [5.41, 5.74) is 11.6. The third kappa shape index (κ3) is 4.14. The van der Waals surface area contributed by atoms with Gasteiger partial charge in [-0.1, -0.05) is 78.9 Å². The minimum absolute atomic E-state index is 0.0479. The normalized spacial score (nSPS) is 11.2. The lowest BCUT2D eigenvalue weighted by atomic mass is 10.0. The van der Waals surface area contributed by atoms with E-state index in [-0.39, 0.29) is 5.84 Å². The summed E-state index contributed by atoms with van der Waals surface area (Å²) < 4.78 is 0. The van der Waals surface area contributed by atoms with Crippen molar-refractivity contribution < 1.29 is 0 Å². The molecule has 0 fully saturated rings. The van der Waals surface area contributed by atoms with Gasteiger partial charge in [-0.15, -0.1) is 0 Å². The number of allylic oxidation sites excluding steroid dienone is 1. The van der Waals surface area contributed by atoms with Crippen LogP contribution in [-0.2, 0) is 6.42 Å². The molecule has 0 amide bonds. The summed E-state index contributed by atoms with van der Waals surface area (Å²) >= 11 is 0. The van der Waals surface area contributed by atoms with Crippen molar-refractivity contribution in [1.82, 2.24) is 0 Å². The standard InChI is InChI=1S/C23H21N3/c1-26-22(20-8-5-9-21(16-20)23(24)25)15-12-17-10-13-19(14-11-17)18-6-3-2-4-7-18/h2-11,13-16H,1,12H2,(H3,24,25)/b22-15-. The zero-order valence-electron chi connectivity index (χ0n) is 14.5. The van der Waals surface area contributed by atoms with Crippen molar-refractivity contribution in [3.05, 3.63) is 102 Å². The van der Waals surface area contributed by atoms with Crippen LogP contribution in [0.5, 0.6) is 0 Å². The largest absolute Gasteiger partial charge is 0.384 e. The summed E-state index contributed by atoms with van der Waals surface area (Å²) in [5.74, 6) is 0.0479. The molecule has 0 atom stereocenters. The molecule has 3 heteroatoms. The highest BCUT2D eigenvalue weighted by molar-refractivity contribution is 5.95. The average Bonchev–Trinajstić information content (AvgIpc) is 2.70. The molecule has 0 aliphatic rings. The predicted molar refractivity (Wildman–Crippen MR) is 111 cm³/mol. The van der Waals surface area contributed by atoms with Crippen LogP contribution in [0.3, 0.4) is 0 Å². The quantitative estimate of drug-likeness (QED) is 0.486. The molecule has 3 nitrogen and oxygen atoms in total. The minimum Gasteiger partial charge on any atom is -0.384 e. The first kappa shape index (κ1) is 17.4. The van der Waals surface area contributed by atoms with Gasteiger partial charge in [0.25, 0.3) is 0 Å². The predicted octanol–water partition coefficient (Wildman–Crippen LogP) is 4.92. The number of aliphatic imine (C=N–C) groups is 1. The number of hydrogen-bond donors (Lipinski definition) is 2. The zero-order valence-corrected chi connectivity index (χ0v) is 14.5. The van der Waals surface area contributed by atoms with E-state index in [4.69, 9.17) is 11.1 Å². The number of nitrogens with two attached hydrogens (primary N) is 1. The summed E-state index contributed by atoms with van der Waals surface area (Å²) in [6, 6.07) is 26.4. The van der Waals surface area contributed by atoms with Crippen molar-refractivity contribution in [2.45, 2.75) is 6.42 Å². The van der Waals surface area contributed by atoms with E-state index in [9.17, 15) is 0 Å². The first-order valence-corrected chi connectivity index (χ1v) is 8.43. The molecular weight excluding hydrogens is 318 g/mol. The molecule has 26 heavy (non-hydrogen) atoms. The summed E-state index contributed by atoms with van der Waals surface area (Å²) in [7, 11) is 0. The van der Waals surface area contributed by atoms with Crippen molar-refractivity contribution in [3.8, 4) is 11.1 Å². The van der Waals surface area contributed by atoms with Crippen LogP contribution in [0.1, 0.15) is 16.7 Å². The molecule has 3 rings (SSSR count). The fourth-order valence-electron chi connectivity index (χ4n) is 2.80. The second kappa shape index (κ2) is 8.08. The van der Waals surface area contributed by atoms with Gasteiger partial charge in [0, 0.05) is 11.1 Å². The monoisotopic (exact) mass is 339 g/mol. The first-order chi connectivity index (χ1) is 12.7. The van der Waals surface area contributed by atoms with E-state index in [1.165, 1.54) is 16.7 Å². The smallest absolute Gasteiger partial charge is 0.122 e. The topological polar surface area (TPSA) is 62.2 Å². The van der Waals surface area contributed by atoms with Crippen molar-refractivity contribution in [2.24, 2.45) is 10.7 Å².